The summed E-state index contributed by atoms with van der Waals surface area (Å²) in [6, 6.07) is 0. The molecule has 4 saturated carbocycles. The van der Waals surface area contributed by atoms with Crippen molar-refractivity contribution in [3.63, 3.8) is 0 Å². The van der Waals surface area contributed by atoms with E-state index in [4.69, 9.17) is 0 Å². The van der Waals surface area contributed by atoms with Crippen molar-refractivity contribution in [3.05, 3.63) is 12.2 Å². The van der Waals surface area contributed by atoms with Gasteiger partial charge in [0.1, 0.15) is 11.4 Å². The number of hydrogen-bond donors (Lipinski definition) is 2. The van der Waals surface area contributed by atoms with Gasteiger partial charge in [-0.15, -0.1) is 0 Å². The lowest BCUT2D eigenvalue weighted by atomic mass is 9.42. The van der Waals surface area contributed by atoms with E-state index in [1.807, 2.05) is 6.92 Å². The average molecular weight is 445 g/mol. The van der Waals surface area contributed by atoms with Crippen LogP contribution < -0.4 is 0 Å². The molecule has 4 rings (SSSR count). The van der Waals surface area contributed by atoms with Gasteiger partial charge in [-0.2, -0.15) is 0 Å². The minimum atomic E-state index is -1.48. The molecule has 0 spiro atoms. The summed E-state index contributed by atoms with van der Waals surface area (Å²) in [5.41, 5.74) is -1.22. The van der Waals surface area contributed by atoms with E-state index >= 15 is 0 Å². The van der Waals surface area contributed by atoms with Gasteiger partial charge < -0.3 is 10.2 Å². The maximum atomic E-state index is 13.9. The van der Waals surface area contributed by atoms with E-state index in [0.29, 0.717) is 49.2 Å². The molecule has 10 atom stereocenters. The van der Waals surface area contributed by atoms with Crippen molar-refractivity contribution in [2.75, 3.05) is 0 Å². The van der Waals surface area contributed by atoms with Crippen molar-refractivity contribution in [2.24, 2.45) is 46.3 Å². The van der Waals surface area contributed by atoms with Crippen LogP contribution in [0.4, 0.5) is 0 Å². The second-order valence-corrected chi connectivity index (χ2v) is 12.6. The van der Waals surface area contributed by atoms with E-state index in [1.165, 1.54) is 5.57 Å². The van der Waals surface area contributed by atoms with Gasteiger partial charge in [0, 0.05) is 30.1 Å². The van der Waals surface area contributed by atoms with Crippen LogP contribution in [0, 0.1) is 46.3 Å². The maximum Gasteiger partial charge on any atom is 0.165 e. The van der Waals surface area contributed by atoms with Gasteiger partial charge in [0.2, 0.25) is 0 Å². The highest BCUT2D eigenvalue weighted by atomic mass is 16.3. The third-order valence-electron chi connectivity index (χ3n) is 11.1. The molecule has 0 radical (unpaired) electrons. The lowest BCUT2D eigenvalue weighted by Gasteiger charge is -2.62. The third-order valence-corrected chi connectivity index (χ3v) is 11.1. The molecule has 0 saturated heterocycles. The zero-order valence-corrected chi connectivity index (χ0v) is 20.8. The zero-order chi connectivity index (χ0) is 23.6. The van der Waals surface area contributed by atoms with Crippen LogP contribution in [0.5, 0.6) is 0 Å². The quantitative estimate of drug-likeness (QED) is 0.578. The molecular formula is C28H44O4. The first kappa shape index (κ1) is 24.1. The minimum Gasteiger partial charge on any atom is -0.393 e. The number of carbonyl (C=O) groups excluding carboxylic acids is 2. The van der Waals surface area contributed by atoms with Crippen molar-refractivity contribution in [2.45, 2.75) is 104 Å². The topological polar surface area (TPSA) is 74.6 Å². The lowest BCUT2D eigenvalue weighted by molar-refractivity contribution is -0.212. The third kappa shape index (κ3) is 3.30. The van der Waals surface area contributed by atoms with Crippen LogP contribution in [0.2, 0.25) is 0 Å². The number of rotatable bonds is 5. The Hall–Kier alpha value is -1.00. The van der Waals surface area contributed by atoms with Gasteiger partial charge in [0.05, 0.1) is 6.10 Å². The van der Waals surface area contributed by atoms with E-state index in [9.17, 15) is 19.8 Å². The number of allylic oxidation sites excluding steroid dienone is 1. The number of fused-ring (bicyclic) bond motifs is 5. The van der Waals surface area contributed by atoms with Crippen LogP contribution in [0.3, 0.4) is 0 Å². The van der Waals surface area contributed by atoms with Gasteiger partial charge in [-0.3, -0.25) is 9.59 Å². The van der Waals surface area contributed by atoms with Crippen molar-refractivity contribution in [1.29, 1.82) is 0 Å². The molecule has 4 aliphatic rings. The van der Waals surface area contributed by atoms with Crippen molar-refractivity contribution in [1.82, 2.24) is 0 Å². The van der Waals surface area contributed by atoms with Crippen molar-refractivity contribution in [3.8, 4) is 0 Å². The molecule has 0 aromatic carbocycles. The largest absolute Gasteiger partial charge is 0.393 e. The molecule has 0 amide bonds. The highest BCUT2D eigenvalue weighted by Crippen LogP contribution is 2.67. The second-order valence-electron chi connectivity index (χ2n) is 12.6. The Kier molecular flexibility index (Phi) is 6.07. The van der Waals surface area contributed by atoms with E-state index in [-0.39, 0.29) is 35.4 Å². The van der Waals surface area contributed by atoms with Crippen molar-refractivity contribution < 1.29 is 19.8 Å². The van der Waals surface area contributed by atoms with Crippen LogP contribution in [-0.4, -0.2) is 33.5 Å². The molecule has 0 bridgehead atoms. The van der Waals surface area contributed by atoms with Crippen molar-refractivity contribution >= 4 is 11.6 Å². The molecule has 0 heterocycles. The maximum absolute atomic E-state index is 13.9. The first-order valence-electron chi connectivity index (χ1n) is 13.0. The molecule has 180 valence electrons. The summed E-state index contributed by atoms with van der Waals surface area (Å²) < 4.78 is 0. The highest BCUT2D eigenvalue weighted by Gasteiger charge is 2.69. The molecule has 2 N–H and O–H groups in total. The molecule has 0 unspecified atom stereocenters. The molecule has 32 heavy (non-hydrogen) atoms. The molecule has 4 nitrogen and oxygen atoms in total. The van der Waals surface area contributed by atoms with Crippen LogP contribution in [0.25, 0.3) is 0 Å². The first-order chi connectivity index (χ1) is 14.9. The number of hydrogen-bond acceptors (Lipinski definition) is 4. The number of carbonyl (C=O) groups is 2. The fourth-order valence-corrected chi connectivity index (χ4v) is 8.63. The summed E-state index contributed by atoms with van der Waals surface area (Å²) >= 11 is 0. The minimum absolute atomic E-state index is 0.0424. The Morgan fingerprint density at radius 2 is 1.75 bits per heavy atom. The summed E-state index contributed by atoms with van der Waals surface area (Å²) in [6.45, 7) is 15.0. The fourth-order valence-electron chi connectivity index (χ4n) is 8.63. The lowest BCUT2D eigenvalue weighted by Crippen LogP contribution is -2.68. The van der Waals surface area contributed by atoms with Gasteiger partial charge in [-0.05, 0) is 81.0 Å². The van der Waals surface area contributed by atoms with Crippen LogP contribution in [0.1, 0.15) is 92.4 Å². The van der Waals surface area contributed by atoms with E-state index in [0.717, 1.165) is 25.7 Å². The molecule has 4 heteroatoms. The van der Waals surface area contributed by atoms with Gasteiger partial charge in [0.25, 0.3) is 0 Å². The Morgan fingerprint density at radius 1 is 1.06 bits per heavy atom. The van der Waals surface area contributed by atoms with Crippen LogP contribution >= 0.6 is 0 Å². The Bertz CT molecular complexity index is 803. The zero-order valence-electron chi connectivity index (χ0n) is 20.8. The fraction of sp³-hybridized carbons (Fsp3) is 0.857. The smallest absolute Gasteiger partial charge is 0.165 e. The SMILES string of the molecule is C=C(C)[C@H](C)CC[C@@H](C)[C@H]1CC[C@H]2[C@@H]3CC(=O)[C@@]4(O)C[C@@H](O)CC[C@]4(C)[C@H]3CC(=O)[C@]12C. The Labute approximate surface area is 194 Å². The first-order valence-corrected chi connectivity index (χ1v) is 13.0. The summed E-state index contributed by atoms with van der Waals surface area (Å²) in [5, 5.41) is 21.7. The Morgan fingerprint density at radius 3 is 2.41 bits per heavy atom. The molecule has 4 aliphatic carbocycles. The van der Waals surface area contributed by atoms with Crippen LogP contribution in [-0.2, 0) is 9.59 Å². The molecule has 0 aromatic heterocycles. The predicted octanol–water partition coefficient (Wildman–Crippen LogP) is 5.11. The standard InChI is InChI=1S/C28H44O4/c1-16(2)17(3)7-8-18(4)21-9-10-22-20-13-25(31)28(32)15-19(29)11-12-26(28,5)23(20)14-24(30)27(21,22)6/h17-23,29,32H,1,7-15H2,2-6H3/t17-,18-,19+,20+,21-,22+,23+,26-,27-,28+/m1/s1. The number of aliphatic hydroxyl groups excluding tert-OH is 1. The highest BCUT2D eigenvalue weighted by molar-refractivity contribution is 5.92. The number of ketones is 2. The average Bonchev–Trinajstić information content (AvgIpc) is 3.08. The summed E-state index contributed by atoms with van der Waals surface area (Å²) in [4.78, 5) is 27.2. The predicted molar refractivity (Wildman–Crippen MR) is 126 cm³/mol. The van der Waals surface area contributed by atoms with E-state index < -0.39 is 17.1 Å². The monoisotopic (exact) mass is 444 g/mol. The summed E-state index contributed by atoms with van der Waals surface area (Å²) in [7, 11) is 0. The molecule has 0 aliphatic heterocycles. The normalized spacial score (nSPS) is 47.9. The molecular weight excluding hydrogens is 400 g/mol. The second kappa shape index (κ2) is 8.05. The number of aliphatic hydroxyl groups is 2. The number of Topliss-reactive ketones (excluding diaryl/α,β-unsaturated/α-hetero) is 2. The molecule has 4 fully saturated rings. The van der Waals surface area contributed by atoms with E-state index in [1.54, 1.807) is 0 Å². The van der Waals surface area contributed by atoms with Gasteiger partial charge in [-0.25, -0.2) is 0 Å². The van der Waals surface area contributed by atoms with Gasteiger partial charge in [-0.1, -0.05) is 39.8 Å². The summed E-state index contributed by atoms with van der Waals surface area (Å²) in [6.07, 6.45) is 5.86. The summed E-state index contributed by atoms with van der Waals surface area (Å²) in [5.74, 6) is 2.07. The molecule has 0 aromatic rings. The van der Waals surface area contributed by atoms with Gasteiger partial charge in [0.15, 0.2) is 5.78 Å². The van der Waals surface area contributed by atoms with Gasteiger partial charge >= 0.3 is 0 Å². The van der Waals surface area contributed by atoms with Crippen LogP contribution in [0.15, 0.2) is 12.2 Å². The Balaban J connectivity index is 1.59. The van der Waals surface area contributed by atoms with E-state index in [2.05, 4.69) is 34.3 Å².